The van der Waals surface area contributed by atoms with Crippen LogP contribution in [0.15, 0.2) is 51.5 Å². The fourth-order valence-electron chi connectivity index (χ4n) is 2.93. The van der Waals surface area contributed by atoms with E-state index < -0.39 is 5.82 Å². The summed E-state index contributed by atoms with van der Waals surface area (Å²) in [6.07, 6.45) is 0.156. The first kappa shape index (κ1) is 16.8. The first-order valence-electron chi connectivity index (χ1n) is 7.87. The minimum Gasteiger partial charge on any atom is -0.339 e. The molecule has 1 amide bonds. The second-order valence-electron chi connectivity index (χ2n) is 5.94. The minimum absolute atomic E-state index is 0.156. The quantitative estimate of drug-likeness (QED) is 0.634. The van der Waals surface area contributed by atoms with Crippen LogP contribution in [0, 0.1) is 11.6 Å². The van der Waals surface area contributed by atoms with E-state index in [1.807, 2.05) is 0 Å². The van der Waals surface area contributed by atoms with Gasteiger partial charge >= 0.3 is 0 Å². The molecule has 1 unspecified atom stereocenters. The van der Waals surface area contributed by atoms with Gasteiger partial charge in [0.1, 0.15) is 11.6 Å². The molecule has 0 saturated carbocycles. The van der Waals surface area contributed by atoms with Crippen LogP contribution in [0.2, 0.25) is 0 Å². The number of amides is 1. The normalized spacial score (nSPS) is 17.1. The predicted octanol–water partition coefficient (Wildman–Crippen LogP) is 4.30. The van der Waals surface area contributed by atoms with Gasteiger partial charge in [-0.05, 0) is 46.3 Å². The van der Waals surface area contributed by atoms with Crippen LogP contribution in [0.4, 0.5) is 14.5 Å². The van der Waals surface area contributed by atoms with Crippen LogP contribution in [-0.4, -0.2) is 22.6 Å². The number of aromatic nitrogens is 2. The van der Waals surface area contributed by atoms with Crippen LogP contribution in [0.3, 0.4) is 0 Å². The van der Waals surface area contributed by atoms with Crippen molar-refractivity contribution in [2.24, 2.45) is 0 Å². The molecule has 1 aromatic heterocycles. The molecule has 1 saturated heterocycles. The Morgan fingerprint density at radius 1 is 1.15 bits per heavy atom. The highest BCUT2D eigenvalue weighted by Gasteiger charge is 2.36. The standard InChI is InChI=1S/C18H12BrF2N3O2/c19-12-7-10(5-6-13(12)20)17-22-18(26-23-17)11-8-16(25)24(9-11)15-4-2-1-3-14(15)21/h1-7,11H,8-9H2. The van der Waals surface area contributed by atoms with Crippen LogP contribution in [0.25, 0.3) is 11.4 Å². The Morgan fingerprint density at radius 3 is 2.73 bits per heavy atom. The molecule has 0 bridgehead atoms. The lowest BCUT2D eigenvalue weighted by atomic mass is 10.1. The van der Waals surface area contributed by atoms with E-state index >= 15 is 0 Å². The Morgan fingerprint density at radius 2 is 1.96 bits per heavy atom. The molecule has 2 heterocycles. The topological polar surface area (TPSA) is 59.2 Å². The van der Waals surface area contributed by atoms with Crippen LogP contribution in [-0.2, 0) is 4.79 Å². The molecule has 8 heteroatoms. The van der Waals surface area contributed by atoms with Crippen molar-refractivity contribution in [3.63, 3.8) is 0 Å². The number of nitrogens with zero attached hydrogens (tertiary/aromatic N) is 3. The highest BCUT2D eigenvalue weighted by atomic mass is 79.9. The lowest BCUT2D eigenvalue weighted by molar-refractivity contribution is -0.117. The Kier molecular flexibility index (Phi) is 4.28. The van der Waals surface area contributed by atoms with E-state index in [1.165, 1.54) is 17.0 Å². The van der Waals surface area contributed by atoms with Crippen molar-refractivity contribution in [3.05, 3.63) is 64.5 Å². The van der Waals surface area contributed by atoms with Gasteiger partial charge in [0.05, 0.1) is 16.1 Å². The number of hydrogen-bond acceptors (Lipinski definition) is 4. The highest BCUT2D eigenvalue weighted by molar-refractivity contribution is 9.10. The monoisotopic (exact) mass is 419 g/mol. The lowest BCUT2D eigenvalue weighted by Crippen LogP contribution is -2.25. The number of rotatable bonds is 3. The van der Waals surface area contributed by atoms with E-state index in [-0.39, 0.29) is 36.3 Å². The maximum atomic E-state index is 14.0. The molecule has 5 nitrogen and oxygen atoms in total. The van der Waals surface area contributed by atoms with Crippen molar-refractivity contribution in [1.29, 1.82) is 0 Å². The second kappa shape index (κ2) is 6.60. The molecule has 1 aliphatic heterocycles. The number of halogens is 3. The van der Waals surface area contributed by atoms with Crippen molar-refractivity contribution >= 4 is 27.5 Å². The molecule has 1 atom stereocenters. The summed E-state index contributed by atoms with van der Waals surface area (Å²) in [6, 6.07) is 10.5. The van der Waals surface area contributed by atoms with Gasteiger partial charge in [0, 0.05) is 18.5 Å². The Hall–Kier alpha value is -2.61. The summed E-state index contributed by atoms with van der Waals surface area (Å²) in [7, 11) is 0. The minimum atomic E-state index is -0.455. The molecule has 3 aromatic rings. The van der Waals surface area contributed by atoms with Gasteiger partial charge in [0.25, 0.3) is 0 Å². The number of anilines is 1. The van der Waals surface area contributed by atoms with Gasteiger partial charge in [-0.2, -0.15) is 4.98 Å². The molecule has 1 fully saturated rings. The summed E-state index contributed by atoms with van der Waals surface area (Å²) in [5, 5.41) is 3.91. The van der Waals surface area contributed by atoms with Crippen molar-refractivity contribution in [1.82, 2.24) is 10.1 Å². The predicted molar refractivity (Wildman–Crippen MR) is 93.5 cm³/mol. The number of carbonyl (C=O) groups is 1. The summed E-state index contributed by atoms with van der Waals surface area (Å²) in [5.74, 6) is -0.773. The fourth-order valence-corrected chi connectivity index (χ4v) is 3.31. The second-order valence-corrected chi connectivity index (χ2v) is 6.80. The first-order chi connectivity index (χ1) is 12.5. The van der Waals surface area contributed by atoms with Gasteiger partial charge in [0.15, 0.2) is 0 Å². The summed E-state index contributed by atoms with van der Waals surface area (Å²) in [5.41, 5.74) is 0.825. The molecule has 0 spiro atoms. The van der Waals surface area contributed by atoms with Crippen molar-refractivity contribution in [2.75, 3.05) is 11.4 Å². The van der Waals surface area contributed by atoms with Crippen LogP contribution >= 0.6 is 15.9 Å². The van der Waals surface area contributed by atoms with E-state index in [2.05, 4.69) is 26.1 Å². The maximum absolute atomic E-state index is 14.0. The first-order valence-corrected chi connectivity index (χ1v) is 8.66. The van der Waals surface area contributed by atoms with Crippen LogP contribution < -0.4 is 4.90 Å². The van der Waals surface area contributed by atoms with Gasteiger partial charge in [0.2, 0.25) is 17.6 Å². The molecule has 0 N–H and O–H groups in total. The number of carbonyl (C=O) groups excluding carboxylic acids is 1. The van der Waals surface area contributed by atoms with Crippen LogP contribution in [0.5, 0.6) is 0 Å². The molecule has 26 heavy (non-hydrogen) atoms. The van der Waals surface area contributed by atoms with E-state index in [1.54, 1.807) is 30.3 Å². The third-order valence-corrected chi connectivity index (χ3v) is 4.84. The third kappa shape index (κ3) is 3.01. The number of benzene rings is 2. The molecule has 1 aliphatic rings. The van der Waals surface area contributed by atoms with Gasteiger partial charge in [-0.25, -0.2) is 8.78 Å². The Bertz CT molecular complexity index is 992. The Balaban J connectivity index is 1.58. The third-order valence-electron chi connectivity index (χ3n) is 4.24. The van der Waals surface area contributed by atoms with E-state index in [9.17, 15) is 13.6 Å². The van der Waals surface area contributed by atoms with E-state index in [0.717, 1.165) is 0 Å². The van der Waals surface area contributed by atoms with Crippen LogP contribution in [0.1, 0.15) is 18.2 Å². The summed E-state index contributed by atoms with van der Waals surface area (Å²) >= 11 is 3.12. The number of hydrogen-bond donors (Lipinski definition) is 0. The Labute approximate surface area is 155 Å². The fraction of sp³-hybridized carbons (Fsp3) is 0.167. The van der Waals surface area contributed by atoms with Crippen molar-refractivity contribution in [3.8, 4) is 11.4 Å². The highest BCUT2D eigenvalue weighted by Crippen LogP contribution is 2.33. The van der Waals surface area contributed by atoms with E-state index in [4.69, 9.17) is 4.52 Å². The van der Waals surface area contributed by atoms with Gasteiger partial charge in [-0.15, -0.1) is 0 Å². The molecule has 0 radical (unpaired) electrons. The number of para-hydroxylation sites is 1. The molecule has 4 rings (SSSR count). The molecule has 2 aromatic carbocycles. The zero-order valence-corrected chi connectivity index (χ0v) is 14.9. The summed E-state index contributed by atoms with van der Waals surface area (Å²) in [6.45, 7) is 0.258. The average molecular weight is 420 g/mol. The SMILES string of the molecule is O=C1CC(c2nc(-c3ccc(F)c(Br)c3)no2)CN1c1ccccc1F. The summed E-state index contributed by atoms with van der Waals surface area (Å²) in [4.78, 5) is 18.0. The van der Waals surface area contributed by atoms with Crippen molar-refractivity contribution < 1.29 is 18.1 Å². The van der Waals surface area contributed by atoms with Gasteiger partial charge in [-0.3, -0.25) is 4.79 Å². The lowest BCUT2D eigenvalue weighted by Gasteiger charge is -2.16. The average Bonchev–Trinajstić information content (AvgIpc) is 3.25. The smallest absolute Gasteiger partial charge is 0.232 e. The van der Waals surface area contributed by atoms with Crippen molar-refractivity contribution in [2.45, 2.75) is 12.3 Å². The van der Waals surface area contributed by atoms with Gasteiger partial charge < -0.3 is 9.42 Å². The molecule has 0 aliphatic carbocycles. The van der Waals surface area contributed by atoms with E-state index in [0.29, 0.717) is 21.8 Å². The molecule has 132 valence electrons. The maximum Gasteiger partial charge on any atom is 0.232 e. The molecular weight excluding hydrogens is 408 g/mol. The largest absolute Gasteiger partial charge is 0.339 e. The summed E-state index contributed by atoms with van der Waals surface area (Å²) < 4.78 is 32.9. The zero-order chi connectivity index (χ0) is 18.3. The van der Waals surface area contributed by atoms with Gasteiger partial charge in [-0.1, -0.05) is 17.3 Å². The zero-order valence-electron chi connectivity index (χ0n) is 13.3. The molecular formula is C18H12BrF2N3O2.